The van der Waals surface area contributed by atoms with E-state index in [1.165, 1.54) is 19.3 Å². The topological polar surface area (TPSA) is 44.0 Å². The van der Waals surface area contributed by atoms with Gasteiger partial charge in [0.05, 0.1) is 6.07 Å². The largest absolute Gasteiger partial charge is 0.376 e. The molecule has 1 aliphatic rings. The summed E-state index contributed by atoms with van der Waals surface area (Å²) in [6, 6.07) is 1.90. The van der Waals surface area contributed by atoms with Crippen LogP contribution in [-0.4, -0.2) is 10.7 Å². The molecule has 0 spiro atoms. The number of hydrogen-bond donors (Lipinski definition) is 1. The maximum absolute atomic E-state index is 9.30. The third-order valence-electron chi connectivity index (χ3n) is 2.15. The zero-order chi connectivity index (χ0) is 7.61. The molecule has 0 aliphatic heterocycles. The van der Waals surface area contributed by atoms with E-state index in [9.17, 15) is 5.11 Å². The summed E-state index contributed by atoms with van der Waals surface area (Å²) in [7, 11) is 0. The van der Waals surface area contributed by atoms with Crippen LogP contribution in [0.1, 0.15) is 32.6 Å². The van der Waals surface area contributed by atoms with Crippen molar-refractivity contribution >= 4 is 0 Å². The maximum Gasteiger partial charge on any atom is 0.148 e. The summed E-state index contributed by atoms with van der Waals surface area (Å²) in [6.45, 7) is 1.59. The maximum atomic E-state index is 9.30. The van der Waals surface area contributed by atoms with Gasteiger partial charge in [-0.1, -0.05) is 19.3 Å². The van der Waals surface area contributed by atoms with Crippen LogP contribution >= 0.6 is 0 Å². The zero-order valence-corrected chi connectivity index (χ0v) is 6.30. The molecule has 2 nitrogen and oxygen atoms in total. The Labute approximate surface area is 61.5 Å². The standard InChI is InChI=1S/C8H13NO/c1-8(10,6-9)5-7-3-2-4-7/h7,10H,2-5H2,1H3. The Morgan fingerprint density at radius 2 is 2.30 bits per heavy atom. The first-order chi connectivity index (χ1) is 4.64. The van der Waals surface area contributed by atoms with Crippen molar-refractivity contribution in [1.29, 1.82) is 5.26 Å². The lowest BCUT2D eigenvalue weighted by Crippen LogP contribution is -2.28. The van der Waals surface area contributed by atoms with Crippen LogP contribution in [0.25, 0.3) is 0 Å². The molecule has 1 rings (SSSR count). The molecule has 1 unspecified atom stereocenters. The SMILES string of the molecule is CC(O)(C#N)CC1CCC1. The number of nitrogens with zero attached hydrogens (tertiary/aromatic N) is 1. The van der Waals surface area contributed by atoms with Crippen LogP contribution in [-0.2, 0) is 0 Å². The van der Waals surface area contributed by atoms with Gasteiger partial charge in [0.15, 0.2) is 0 Å². The number of hydrogen-bond acceptors (Lipinski definition) is 2. The Balaban J connectivity index is 2.30. The first-order valence-corrected chi connectivity index (χ1v) is 3.78. The van der Waals surface area contributed by atoms with Crippen LogP contribution < -0.4 is 0 Å². The molecule has 0 aromatic carbocycles. The van der Waals surface area contributed by atoms with Gasteiger partial charge in [0.25, 0.3) is 0 Å². The van der Waals surface area contributed by atoms with Crippen molar-refractivity contribution in [3.63, 3.8) is 0 Å². The van der Waals surface area contributed by atoms with E-state index in [1.807, 2.05) is 6.07 Å². The summed E-state index contributed by atoms with van der Waals surface area (Å²) < 4.78 is 0. The molecule has 0 aromatic heterocycles. The van der Waals surface area contributed by atoms with Gasteiger partial charge in [-0.15, -0.1) is 0 Å². The molecule has 2 heteroatoms. The van der Waals surface area contributed by atoms with Gasteiger partial charge in [0, 0.05) is 0 Å². The van der Waals surface area contributed by atoms with Crippen molar-refractivity contribution in [2.75, 3.05) is 0 Å². The van der Waals surface area contributed by atoms with Gasteiger partial charge in [-0.25, -0.2) is 0 Å². The second-order valence-electron chi connectivity index (χ2n) is 3.39. The van der Waals surface area contributed by atoms with E-state index in [4.69, 9.17) is 5.26 Å². The molecule has 10 heavy (non-hydrogen) atoms. The first-order valence-electron chi connectivity index (χ1n) is 3.78. The summed E-state index contributed by atoms with van der Waals surface area (Å²) in [5.74, 6) is 0.606. The molecule has 56 valence electrons. The predicted octanol–water partition coefficient (Wildman–Crippen LogP) is 1.45. The van der Waals surface area contributed by atoms with E-state index >= 15 is 0 Å². The minimum Gasteiger partial charge on any atom is -0.376 e. The summed E-state index contributed by atoms with van der Waals surface area (Å²) in [5.41, 5.74) is -1.08. The molecule has 1 atom stereocenters. The van der Waals surface area contributed by atoms with Crippen LogP contribution in [0.4, 0.5) is 0 Å². The Morgan fingerprint density at radius 1 is 1.70 bits per heavy atom. The molecule has 0 saturated heterocycles. The van der Waals surface area contributed by atoms with Crippen LogP contribution in [0, 0.1) is 17.2 Å². The Hall–Kier alpha value is -0.550. The van der Waals surface area contributed by atoms with Gasteiger partial charge >= 0.3 is 0 Å². The average Bonchev–Trinajstić information content (AvgIpc) is 1.80. The van der Waals surface area contributed by atoms with E-state index in [0.717, 1.165) is 0 Å². The smallest absolute Gasteiger partial charge is 0.148 e. The molecule has 0 heterocycles. The molecule has 1 fully saturated rings. The van der Waals surface area contributed by atoms with Crippen molar-refractivity contribution in [3.8, 4) is 6.07 Å². The highest BCUT2D eigenvalue weighted by atomic mass is 16.3. The van der Waals surface area contributed by atoms with E-state index in [2.05, 4.69) is 0 Å². The van der Waals surface area contributed by atoms with Crippen LogP contribution in [0.5, 0.6) is 0 Å². The number of rotatable bonds is 2. The van der Waals surface area contributed by atoms with Gasteiger partial charge in [-0.3, -0.25) is 0 Å². The summed E-state index contributed by atoms with van der Waals surface area (Å²) in [5, 5.41) is 17.8. The molecular weight excluding hydrogens is 126 g/mol. The third kappa shape index (κ3) is 1.71. The summed E-state index contributed by atoms with van der Waals surface area (Å²) in [6.07, 6.45) is 4.31. The lowest BCUT2D eigenvalue weighted by molar-refractivity contribution is 0.0708. The second-order valence-corrected chi connectivity index (χ2v) is 3.39. The van der Waals surface area contributed by atoms with Gasteiger partial charge in [0.2, 0.25) is 0 Å². The van der Waals surface area contributed by atoms with Crippen LogP contribution in [0.15, 0.2) is 0 Å². The second kappa shape index (κ2) is 2.59. The lowest BCUT2D eigenvalue weighted by Gasteiger charge is -2.29. The molecule has 0 amide bonds. The molecule has 0 radical (unpaired) electrons. The Kier molecular flexibility index (Phi) is 1.96. The predicted molar refractivity (Wildman–Crippen MR) is 38.2 cm³/mol. The average molecular weight is 139 g/mol. The van der Waals surface area contributed by atoms with E-state index in [1.54, 1.807) is 6.92 Å². The van der Waals surface area contributed by atoms with E-state index in [-0.39, 0.29) is 0 Å². The fourth-order valence-electron chi connectivity index (χ4n) is 1.30. The highest BCUT2D eigenvalue weighted by Gasteiger charge is 2.28. The van der Waals surface area contributed by atoms with E-state index in [0.29, 0.717) is 12.3 Å². The quantitative estimate of drug-likeness (QED) is 0.588. The first kappa shape index (κ1) is 7.56. The fraction of sp³-hybridized carbons (Fsp3) is 0.875. The van der Waals surface area contributed by atoms with Crippen molar-refractivity contribution in [2.45, 2.75) is 38.2 Å². The molecule has 0 aromatic rings. The van der Waals surface area contributed by atoms with Gasteiger partial charge in [-0.05, 0) is 19.3 Å². The van der Waals surface area contributed by atoms with Crippen molar-refractivity contribution < 1.29 is 5.11 Å². The Morgan fingerprint density at radius 3 is 2.60 bits per heavy atom. The molecule has 1 aliphatic carbocycles. The third-order valence-corrected chi connectivity index (χ3v) is 2.15. The van der Waals surface area contributed by atoms with Gasteiger partial charge in [0.1, 0.15) is 5.60 Å². The highest BCUT2D eigenvalue weighted by Crippen LogP contribution is 2.33. The van der Waals surface area contributed by atoms with Gasteiger partial charge < -0.3 is 5.11 Å². The zero-order valence-electron chi connectivity index (χ0n) is 6.30. The lowest BCUT2D eigenvalue weighted by atomic mass is 9.78. The molecular formula is C8H13NO. The summed E-state index contributed by atoms with van der Waals surface area (Å²) in [4.78, 5) is 0. The molecule has 0 bridgehead atoms. The molecule has 1 N–H and O–H groups in total. The minimum atomic E-state index is -1.08. The van der Waals surface area contributed by atoms with Gasteiger partial charge in [-0.2, -0.15) is 5.26 Å². The van der Waals surface area contributed by atoms with Crippen molar-refractivity contribution in [2.24, 2.45) is 5.92 Å². The fourth-order valence-corrected chi connectivity index (χ4v) is 1.30. The summed E-state index contributed by atoms with van der Waals surface area (Å²) >= 11 is 0. The monoisotopic (exact) mass is 139 g/mol. The normalized spacial score (nSPS) is 24.5. The van der Waals surface area contributed by atoms with Crippen LogP contribution in [0.3, 0.4) is 0 Å². The Bertz CT molecular complexity index is 153. The van der Waals surface area contributed by atoms with Crippen LogP contribution in [0.2, 0.25) is 0 Å². The van der Waals surface area contributed by atoms with Crippen molar-refractivity contribution in [3.05, 3.63) is 0 Å². The minimum absolute atomic E-state index is 0.606. The van der Waals surface area contributed by atoms with Crippen molar-refractivity contribution in [1.82, 2.24) is 0 Å². The molecule has 1 saturated carbocycles. The number of aliphatic hydroxyl groups is 1. The highest BCUT2D eigenvalue weighted by molar-refractivity contribution is 4.98. The number of nitriles is 1. The van der Waals surface area contributed by atoms with E-state index < -0.39 is 5.60 Å².